The van der Waals surface area contributed by atoms with Gasteiger partial charge in [0.05, 0.1) is 0 Å². The molecule has 0 atom stereocenters. The maximum atomic E-state index is 8.52. The van der Waals surface area contributed by atoms with E-state index in [0.717, 1.165) is 0 Å². The fraction of sp³-hybridized carbons (Fsp3) is 0. The summed E-state index contributed by atoms with van der Waals surface area (Å²) in [6.07, 6.45) is 0. The van der Waals surface area contributed by atoms with Gasteiger partial charge in [0.15, 0.2) is 0 Å². The normalized spacial score (nSPS) is 5.14. The van der Waals surface area contributed by atoms with E-state index in [4.69, 9.17) is 42.2 Å². The van der Waals surface area contributed by atoms with E-state index in [2.05, 4.69) is 0 Å². The van der Waals surface area contributed by atoms with Crippen molar-refractivity contribution in [1.82, 2.24) is 0 Å². The molecule has 14 heteroatoms. The van der Waals surface area contributed by atoms with Gasteiger partial charge >= 0.3 is 0 Å². The summed E-state index contributed by atoms with van der Waals surface area (Å²) in [5, 5.41) is 0. The Bertz CT molecular complexity index is 116. The predicted octanol–water partition coefficient (Wildman–Crippen LogP) is -8.63. The van der Waals surface area contributed by atoms with Gasteiger partial charge in [-0.05, 0) is 0 Å². The summed E-state index contributed by atoms with van der Waals surface area (Å²) >= 11 is 0. The van der Waals surface area contributed by atoms with Crippen molar-refractivity contribution in [3.63, 3.8) is 0 Å². The largest absolute Gasteiger partial charge is 0.672 e. The average Bonchev–Trinajstić information content (AvgIpc) is 1.54. The van der Waals surface area contributed by atoms with Crippen LogP contribution in [0.4, 0.5) is 0 Å². The zero-order valence-corrected chi connectivity index (χ0v) is 14.8. The topological polar surface area (TPSA) is 190 Å². The summed E-state index contributed by atoms with van der Waals surface area (Å²) in [5.74, 6) is 0. The molecule has 0 saturated carbocycles. The molecule has 9 nitrogen and oxygen atoms in total. The Labute approximate surface area is 148 Å². The van der Waals surface area contributed by atoms with E-state index in [-0.39, 0.29) is 80.8 Å². The van der Waals surface area contributed by atoms with Gasteiger partial charge in [0.1, 0.15) is 0 Å². The van der Waals surface area contributed by atoms with Gasteiger partial charge in [0.2, 0.25) is 0 Å². The molecule has 0 fully saturated rings. The molecule has 0 rings (SSSR count). The zero-order chi connectivity index (χ0) is 10.7. The summed E-state index contributed by atoms with van der Waals surface area (Å²) in [4.78, 5) is 51.1. The van der Waals surface area contributed by atoms with Gasteiger partial charge in [0.25, 0.3) is 0 Å². The number of hydrogen-bond donors (Lipinski definition) is 0. The second-order valence-electron chi connectivity index (χ2n) is 0.750. The van der Waals surface area contributed by atoms with Crippen LogP contribution in [0.15, 0.2) is 0 Å². The Morgan fingerprint density at radius 1 is 0.500 bits per heavy atom. The van der Waals surface area contributed by atoms with E-state index in [9.17, 15) is 0 Å². The predicted molar refractivity (Wildman–Crippen MR) is 19.3 cm³/mol. The molecule has 2 radical (unpaired) electrons. The number of rotatable bonds is 0. The van der Waals surface area contributed by atoms with E-state index < -0.39 is 27.5 Å². The molecule has 0 bridgehead atoms. The molecule has 0 spiro atoms. The van der Waals surface area contributed by atoms with E-state index in [1.165, 1.54) is 0 Å². The van der Waals surface area contributed by atoms with Crippen molar-refractivity contribution in [3.05, 3.63) is 0 Å². The Kier molecular flexibility index (Phi) is 50.7. The number of hydrogen-bond acceptors (Lipinski definition) is 9. The summed E-state index contributed by atoms with van der Waals surface area (Å²) in [5.41, 5.74) is 0. The minimum Gasteiger partial charge on any atom is -0.672 e. The minimum absolute atomic E-state index is 0. The van der Waals surface area contributed by atoms with Crippen LogP contribution in [0.3, 0.4) is 0 Å². The van der Waals surface area contributed by atoms with Crippen molar-refractivity contribution in [2.75, 3.05) is 0 Å². The second-order valence-corrected chi connectivity index (χ2v) is 2.25. The standard InChI is InChI=1S/3O3Si.2Pm/c3*1-4(2)3;;/q3*-2;;. The average molecular weight is 518 g/mol. The molecular formula is O9Pm2Si3-6. The first-order valence-electron chi connectivity index (χ1n) is 1.84. The Morgan fingerprint density at radius 3 is 0.500 bits per heavy atom. The van der Waals surface area contributed by atoms with Crippen molar-refractivity contribution in [2.45, 2.75) is 0 Å². The third-order valence-corrected chi connectivity index (χ3v) is 0. The van der Waals surface area contributed by atoms with E-state index in [0.29, 0.717) is 0 Å². The first-order chi connectivity index (χ1) is 5.20. The van der Waals surface area contributed by atoms with Gasteiger partial charge in [-0.25, -0.2) is 0 Å². The van der Waals surface area contributed by atoms with Gasteiger partial charge in [-0.1, -0.05) is 0 Å². The van der Waals surface area contributed by atoms with Gasteiger partial charge < -0.3 is 42.2 Å². The molecule has 0 unspecified atom stereocenters. The quantitative estimate of drug-likeness (QED) is 0.280. The van der Waals surface area contributed by atoms with Crippen LogP contribution in [0.5, 0.6) is 0 Å². The summed E-state index contributed by atoms with van der Waals surface area (Å²) in [6.45, 7) is 0. The Morgan fingerprint density at radius 2 is 0.500 bits per heavy atom. The molecule has 0 aromatic carbocycles. The summed E-state index contributed by atoms with van der Waals surface area (Å²) in [6, 6.07) is 0. The molecule has 14 heavy (non-hydrogen) atoms. The fourth-order valence-corrected chi connectivity index (χ4v) is 0. The van der Waals surface area contributed by atoms with E-state index in [1.54, 1.807) is 0 Å². The second kappa shape index (κ2) is 24.0. The molecule has 0 amide bonds. The van der Waals surface area contributed by atoms with Crippen LogP contribution >= 0.6 is 0 Å². The Balaban J connectivity index is -0.0000000270. The molecular weight excluding hydrogens is 518 g/mol. The van der Waals surface area contributed by atoms with Crippen LogP contribution in [0, 0.1) is 80.8 Å². The smallest absolute Gasteiger partial charge is 0.0172 e. The SMILES string of the molecule is O=[Si]([O-])[O-].O=[Si]([O-])[O-].O=[Si]([O-])[O-].[Pm].[Pm]. The monoisotopic (exact) mass is 518 g/mol. The molecule has 0 saturated heterocycles. The maximum Gasteiger partial charge on any atom is 0.0172 e. The molecule has 0 aromatic heterocycles. The molecule has 0 aliphatic heterocycles. The van der Waals surface area contributed by atoms with Crippen molar-refractivity contribution >= 4 is 27.5 Å². The van der Waals surface area contributed by atoms with Gasteiger partial charge in [-0.3, -0.25) is 0 Å². The molecule has 0 aliphatic rings. The summed E-state index contributed by atoms with van der Waals surface area (Å²) < 4.78 is 25.6. The third-order valence-electron chi connectivity index (χ3n) is 0. The molecule has 82 valence electrons. The van der Waals surface area contributed by atoms with Crippen LogP contribution in [-0.4, -0.2) is 27.5 Å². The first kappa shape index (κ1) is 29.6. The van der Waals surface area contributed by atoms with Gasteiger partial charge in [-0.15, -0.1) is 0 Å². The van der Waals surface area contributed by atoms with Gasteiger partial charge in [0, 0.05) is 108 Å². The fourth-order valence-electron chi connectivity index (χ4n) is 0. The summed E-state index contributed by atoms with van der Waals surface area (Å²) in [7, 11) is -10.9. The Hall–Kier alpha value is 1.53. The maximum absolute atomic E-state index is 8.52. The van der Waals surface area contributed by atoms with Crippen LogP contribution in [-0.2, 0) is 13.4 Å². The third kappa shape index (κ3) is 911. The van der Waals surface area contributed by atoms with Crippen molar-refractivity contribution < 1.29 is 123 Å². The van der Waals surface area contributed by atoms with Crippen molar-refractivity contribution in [1.29, 1.82) is 0 Å². The van der Waals surface area contributed by atoms with Crippen molar-refractivity contribution in [2.24, 2.45) is 0 Å². The van der Waals surface area contributed by atoms with Crippen molar-refractivity contribution in [3.8, 4) is 0 Å². The minimum atomic E-state index is -3.63. The van der Waals surface area contributed by atoms with Gasteiger partial charge in [-0.2, -0.15) is 0 Å². The molecule has 0 heterocycles. The first-order valence-corrected chi connectivity index (χ1v) is 5.51. The van der Waals surface area contributed by atoms with E-state index >= 15 is 0 Å². The molecule has 0 N–H and O–H groups in total. The van der Waals surface area contributed by atoms with Crippen LogP contribution in [0.25, 0.3) is 0 Å². The van der Waals surface area contributed by atoms with Crippen LogP contribution in [0.2, 0.25) is 0 Å². The zero-order valence-electron chi connectivity index (χ0n) is 6.07. The van der Waals surface area contributed by atoms with E-state index in [1.807, 2.05) is 0 Å². The molecule has 0 aliphatic carbocycles. The van der Waals surface area contributed by atoms with Crippen LogP contribution in [0.1, 0.15) is 0 Å². The van der Waals surface area contributed by atoms with Crippen LogP contribution < -0.4 is 28.8 Å². The molecule has 0 aromatic rings.